The number of aryl methyl sites for hydroxylation is 1. The van der Waals surface area contributed by atoms with E-state index in [4.69, 9.17) is 11.6 Å². The van der Waals surface area contributed by atoms with Crippen molar-refractivity contribution < 1.29 is 0 Å². The lowest BCUT2D eigenvalue weighted by Gasteiger charge is -2.16. The Kier molecular flexibility index (Phi) is 3.99. The fourth-order valence-electron chi connectivity index (χ4n) is 2.24. The van der Waals surface area contributed by atoms with Crippen LogP contribution in [-0.2, 0) is 0 Å². The maximum atomic E-state index is 5.84. The van der Waals surface area contributed by atoms with Gasteiger partial charge in [-0.3, -0.25) is 0 Å². The van der Waals surface area contributed by atoms with Gasteiger partial charge in [0.05, 0.1) is 0 Å². The van der Waals surface area contributed by atoms with Crippen molar-refractivity contribution in [2.45, 2.75) is 51.5 Å². The molecule has 0 atom stereocenters. The number of aromatic nitrogens is 2. The molecule has 1 aromatic rings. The molecule has 3 nitrogen and oxygen atoms in total. The predicted molar refractivity (Wildman–Crippen MR) is 66.9 cm³/mol. The quantitative estimate of drug-likeness (QED) is 0.633. The van der Waals surface area contributed by atoms with E-state index < -0.39 is 0 Å². The van der Waals surface area contributed by atoms with Crippen molar-refractivity contribution in [2.75, 3.05) is 5.32 Å². The third kappa shape index (κ3) is 3.34. The average Bonchev–Trinajstić information content (AvgIpc) is 2.44. The Morgan fingerprint density at radius 2 is 1.88 bits per heavy atom. The number of nitrogens with one attached hydrogen (secondary N) is 1. The van der Waals surface area contributed by atoms with Crippen LogP contribution in [0.25, 0.3) is 0 Å². The van der Waals surface area contributed by atoms with Crippen LogP contribution >= 0.6 is 11.6 Å². The molecule has 0 aromatic carbocycles. The third-order valence-electron chi connectivity index (χ3n) is 3.03. The highest BCUT2D eigenvalue weighted by atomic mass is 35.5. The van der Waals surface area contributed by atoms with Crippen molar-refractivity contribution in [2.24, 2.45) is 0 Å². The molecule has 4 heteroatoms. The van der Waals surface area contributed by atoms with Crippen LogP contribution in [0.3, 0.4) is 0 Å². The third-order valence-corrected chi connectivity index (χ3v) is 3.20. The van der Waals surface area contributed by atoms with Gasteiger partial charge in [-0.2, -0.15) is 0 Å². The van der Waals surface area contributed by atoms with Crippen LogP contribution in [0.4, 0.5) is 5.82 Å². The highest BCUT2D eigenvalue weighted by Gasteiger charge is 2.12. The van der Waals surface area contributed by atoms with Crippen LogP contribution < -0.4 is 5.32 Å². The van der Waals surface area contributed by atoms with E-state index in [1.807, 2.05) is 13.0 Å². The molecule has 2 rings (SSSR count). The van der Waals surface area contributed by atoms with E-state index >= 15 is 0 Å². The highest BCUT2D eigenvalue weighted by Crippen LogP contribution is 2.21. The molecule has 0 unspecified atom stereocenters. The molecule has 1 aliphatic carbocycles. The van der Waals surface area contributed by atoms with Gasteiger partial charge in [-0.25, -0.2) is 9.97 Å². The second-order valence-electron chi connectivity index (χ2n) is 4.50. The SMILES string of the molecule is Cc1cc(NC2CCCCCC2)nc(Cl)n1. The van der Waals surface area contributed by atoms with Gasteiger partial charge in [0.15, 0.2) is 0 Å². The highest BCUT2D eigenvalue weighted by molar-refractivity contribution is 6.28. The summed E-state index contributed by atoms with van der Waals surface area (Å²) in [6.07, 6.45) is 7.83. The van der Waals surface area contributed by atoms with Gasteiger partial charge in [0.1, 0.15) is 5.82 Å². The lowest BCUT2D eigenvalue weighted by Crippen LogP contribution is -2.19. The Labute approximate surface area is 102 Å². The topological polar surface area (TPSA) is 37.8 Å². The molecule has 88 valence electrons. The summed E-state index contributed by atoms with van der Waals surface area (Å²) in [5, 5.41) is 3.80. The lowest BCUT2D eigenvalue weighted by molar-refractivity contribution is 0.617. The maximum absolute atomic E-state index is 5.84. The summed E-state index contributed by atoms with van der Waals surface area (Å²) in [5.41, 5.74) is 0.913. The molecule has 1 N–H and O–H groups in total. The van der Waals surface area contributed by atoms with E-state index in [0.717, 1.165) is 11.5 Å². The second kappa shape index (κ2) is 5.48. The molecule has 1 aliphatic rings. The van der Waals surface area contributed by atoms with E-state index in [0.29, 0.717) is 11.3 Å². The van der Waals surface area contributed by atoms with Gasteiger partial charge >= 0.3 is 0 Å². The smallest absolute Gasteiger partial charge is 0.224 e. The number of hydrogen-bond donors (Lipinski definition) is 1. The van der Waals surface area contributed by atoms with Crippen molar-refractivity contribution >= 4 is 17.4 Å². The summed E-state index contributed by atoms with van der Waals surface area (Å²) in [6, 6.07) is 2.50. The standard InChI is InChI=1S/C12H18ClN3/c1-9-8-11(16-12(13)14-9)15-10-6-4-2-3-5-7-10/h8,10H,2-7H2,1H3,(H,14,15,16). The first-order chi connectivity index (χ1) is 7.74. The zero-order chi connectivity index (χ0) is 11.4. The maximum Gasteiger partial charge on any atom is 0.224 e. The molecule has 16 heavy (non-hydrogen) atoms. The summed E-state index contributed by atoms with van der Waals surface area (Å²) in [6.45, 7) is 1.94. The Morgan fingerprint density at radius 3 is 2.50 bits per heavy atom. The average molecular weight is 240 g/mol. The van der Waals surface area contributed by atoms with E-state index in [2.05, 4.69) is 15.3 Å². The van der Waals surface area contributed by atoms with Crippen LogP contribution in [0, 0.1) is 6.92 Å². The van der Waals surface area contributed by atoms with Crippen LogP contribution in [0.2, 0.25) is 5.28 Å². The normalized spacial score (nSPS) is 18.1. The lowest BCUT2D eigenvalue weighted by atomic mass is 10.1. The molecule has 0 radical (unpaired) electrons. The zero-order valence-electron chi connectivity index (χ0n) is 9.67. The molecular formula is C12H18ClN3. The van der Waals surface area contributed by atoms with Crippen molar-refractivity contribution in [3.05, 3.63) is 17.0 Å². The summed E-state index contributed by atoms with van der Waals surface area (Å²) in [5.74, 6) is 0.865. The minimum atomic E-state index is 0.330. The molecule has 1 fully saturated rings. The van der Waals surface area contributed by atoms with E-state index in [1.54, 1.807) is 0 Å². The van der Waals surface area contributed by atoms with Gasteiger partial charge in [-0.05, 0) is 31.4 Å². The minimum absolute atomic E-state index is 0.330. The van der Waals surface area contributed by atoms with E-state index in [-0.39, 0.29) is 0 Å². The Balaban J connectivity index is 2.01. The van der Waals surface area contributed by atoms with Gasteiger partial charge in [-0.1, -0.05) is 25.7 Å². The number of rotatable bonds is 2. The van der Waals surface area contributed by atoms with Crippen LogP contribution in [-0.4, -0.2) is 16.0 Å². The molecule has 1 aromatic heterocycles. The fourth-order valence-corrected chi connectivity index (χ4v) is 2.46. The monoisotopic (exact) mass is 239 g/mol. The predicted octanol–water partition coefficient (Wildman–Crippen LogP) is 3.57. The van der Waals surface area contributed by atoms with Crippen molar-refractivity contribution in [3.63, 3.8) is 0 Å². The molecule has 0 aliphatic heterocycles. The summed E-state index contributed by atoms with van der Waals surface area (Å²) < 4.78 is 0. The first-order valence-electron chi connectivity index (χ1n) is 6.02. The van der Waals surface area contributed by atoms with E-state index in [1.165, 1.54) is 38.5 Å². The first-order valence-corrected chi connectivity index (χ1v) is 6.39. The second-order valence-corrected chi connectivity index (χ2v) is 4.83. The van der Waals surface area contributed by atoms with Crippen molar-refractivity contribution in [1.82, 2.24) is 9.97 Å². The molecule has 0 amide bonds. The van der Waals surface area contributed by atoms with Gasteiger partial charge < -0.3 is 5.32 Å². The molecule has 1 saturated carbocycles. The van der Waals surface area contributed by atoms with Crippen molar-refractivity contribution in [3.8, 4) is 0 Å². The largest absolute Gasteiger partial charge is 0.367 e. The van der Waals surface area contributed by atoms with Crippen LogP contribution in [0.15, 0.2) is 6.07 Å². The number of nitrogens with zero attached hydrogens (tertiary/aromatic N) is 2. The summed E-state index contributed by atoms with van der Waals surface area (Å²) in [7, 11) is 0. The Bertz CT molecular complexity index is 326. The summed E-state index contributed by atoms with van der Waals surface area (Å²) in [4.78, 5) is 8.26. The number of anilines is 1. The van der Waals surface area contributed by atoms with Gasteiger partial charge in [0.25, 0.3) is 0 Å². The number of halogens is 1. The van der Waals surface area contributed by atoms with Crippen molar-refractivity contribution in [1.29, 1.82) is 0 Å². The zero-order valence-corrected chi connectivity index (χ0v) is 10.4. The van der Waals surface area contributed by atoms with Crippen LogP contribution in [0.1, 0.15) is 44.2 Å². The number of hydrogen-bond acceptors (Lipinski definition) is 3. The Morgan fingerprint density at radius 1 is 1.19 bits per heavy atom. The van der Waals surface area contributed by atoms with Gasteiger partial charge in [-0.15, -0.1) is 0 Å². The minimum Gasteiger partial charge on any atom is -0.367 e. The fraction of sp³-hybridized carbons (Fsp3) is 0.667. The molecule has 0 bridgehead atoms. The molecule has 0 spiro atoms. The molecular weight excluding hydrogens is 222 g/mol. The first kappa shape index (κ1) is 11.6. The Hall–Kier alpha value is -0.830. The molecule has 0 saturated heterocycles. The van der Waals surface area contributed by atoms with E-state index in [9.17, 15) is 0 Å². The van der Waals surface area contributed by atoms with Gasteiger partial charge in [0.2, 0.25) is 5.28 Å². The molecule has 1 heterocycles. The summed E-state index contributed by atoms with van der Waals surface area (Å²) >= 11 is 5.84. The van der Waals surface area contributed by atoms with Gasteiger partial charge in [0, 0.05) is 17.8 Å². The van der Waals surface area contributed by atoms with Crippen LogP contribution in [0.5, 0.6) is 0 Å².